The Bertz CT molecular complexity index is 308. The predicted molar refractivity (Wildman–Crippen MR) is 47.0 cm³/mol. The number of nitrogens with zero attached hydrogens (tertiary/aromatic N) is 1. The van der Waals surface area contributed by atoms with E-state index in [9.17, 15) is 0 Å². The molecule has 12 heavy (non-hydrogen) atoms. The van der Waals surface area contributed by atoms with Crippen molar-refractivity contribution >= 4 is 0 Å². The molecule has 1 fully saturated rings. The third kappa shape index (κ3) is 0.758. The second-order valence-electron chi connectivity index (χ2n) is 3.80. The molecule has 1 saturated heterocycles. The van der Waals surface area contributed by atoms with Crippen molar-refractivity contribution in [2.75, 3.05) is 13.1 Å². The van der Waals surface area contributed by atoms with Gasteiger partial charge < -0.3 is 5.32 Å². The van der Waals surface area contributed by atoms with Gasteiger partial charge in [-0.1, -0.05) is 0 Å². The lowest BCUT2D eigenvalue weighted by Gasteiger charge is -2.06. The van der Waals surface area contributed by atoms with E-state index < -0.39 is 0 Å². The molecule has 1 aromatic heterocycles. The van der Waals surface area contributed by atoms with E-state index >= 15 is 0 Å². The summed E-state index contributed by atoms with van der Waals surface area (Å²) in [5, 5.41) is 3.44. The Labute approximate surface area is 72.0 Å². The highest BCUT2D eigenvalue weighted by molar-refractivity contribution is 5.35. The second kappa shape index (κ2) is 2.30. The Balaban J connectivity index is 2.09. The van der Waals surface area contributed by atoms with Gasteiger partial charge in [0.2, 0.25) is 0 Å². The summed E-state index contributed by atoms with van der Waals surface area (Å²) in [6, 6.07) is 2.19. The molecule has 2 nitrogen and oxygen atoms in total. The number of nitrogens with one attached hydrogen (secondary N) is 1. The van der Waals surface area contributed by atoms with Crippen LogP contribution >= 0.6 is 0 Å². The van der Waals surface area contributed by atoms with Gasteiger partial charge in [-0.15, -0.1) is 0 Å². The number of fused-ring (bicyclic) bond motifs is 3. The fraction of sp³-hybridized carbons (Fsp3) is 0.500. The molecular formula is C10H12N2. The highest BCUT2D eigenvalue weighted by Gasteiger charge is 2.35. The number of pyridine rings is 1. The highest BCUT2D eigenvalue weighted by Crippen LogP contribution is 2.39. The fourth-order valence-electron chi connectivity index (χ4n) is 2.56. The number of rotatable bonds is 0. The van der Waals surface area contributed by atoms with E-state index in [4.69, 9.17) is 0 Å². The molecule has 2 atom stereocenters. The quantitative estimate of drug-likeness (QED) is 0.611. The number of aromatic nitrogens is 1. The van der Waals surface area contributed by atoms with Crippen LogP contribution in [0.3, 0.4) is 0 Å². The summed E-state index contributed by atoms with van der Waals surface area (Å²) < 4.78 is 0. The van der Waals surface area contributed by atoms with E-state index in [-0.39, 0.29) is 0 Å². The van der Waals surface area contributed by atoms with Gasteiger partial charge in [0.15, 0.2) is 0 Å². The first-order valence-electron chi connectivity index (χ1n) is 4.58. The van der Waals surface area contributed by atoms with Crippen LogP contribution in [-0.2, 0) is 6.42 Å². The summed E-state index contributed by atoms with van der Waals surface area (Å²) in [5.74, 6) is 1.63. The maximum absolute atomic E-state index is 4.16. The monoisotopic (exact) mass is 160 g/mol. The lowest BCUT2D eigenvalue weighted by Crippen LogP contribution is -2.10. The molecule has 2 aliphatic rings. The normalized spacial score (nSPS) is 31.7. The van der Waals surface area contributed by atoms with Crippen LogP contribution in [0.2, 0.25) is 0 Å². The summed E-state index contributed by atoms with van der Waals surface area (Å²) >= 11 is 0. The minimum atomic E-state index is 0.781. The third-order valence-electron chi connectivity index (χ3n) is 3.16. The minimum absolute atomic E-state index is 0.781. The Morgan fingerprint density at radius 3 is 3.42 bits per heavy atom. The number of hydrogen-bond donors (Lipinski definition) is 1. The van der Waals surface area contributed by atoms with E-state index in [1.54, 1.807) is 5.56 Å². The third-order valence-corrected chi connectivity index (χ3v) is 3.16. The molecular weight excluding hydrogens is 148 g/mol. The largest absolute Gasteiger partial charge is 0.316 e. The topological polar surface area (TPSA) is 24.9 Å². The average Bonchev–Trinajstić information content (AvgIpc) is 2.62. The van der Waals surface area contributed by atoms with Crippen molar-refractivity contribution in [3.8, 4) is 0 Å². The zero-order chi connectivity index (χ0) is 7.97. The molecule has 1 aliphatic carbocycles. The summed E-state index contributed by atoms with van der Waals surface area (Å²) in [6.45, 7) is 2.36. The first kappa shape index (κ1) is 6.61. The van der Waals surface area contributed by atoms with Gasteiger partial charge >= 0.3 is 0 Å². The molecule has 0 radical (unpaired) electrons. The molecule has 62 valence electrons. The second-order valence-corrected chi connectivity index (χ2v) is 3.80. The zero-order valence-electron chi connectivity index (χ0n) is 6.96. The molecule has 2 heterocycles. The summed E-state index contributed by atoms with van der Waals surface area (Å²) in [7, 11) is 0. The molecule has 0 amide bonds. The van der Waals surface area contributed by atoms with Gasteiger partial charge in [-0.25, -0.2) is 0 Å². The van der Waals surface area contributed by atoms with Crippen LogP contribution in [0.15, 0.2) is 18.5 Å². The van der Waals surface area contributed by atoms with Crippen LogP contribution in [0.1, 0.15) is 17.0 Å². The maximum atomic E-state index is 4.16. The number of hydrogen-bond acceptors (Lipinski definition) is 2. The maximum Gasteiger partial charge on any atom is 0.0302 e. The predicted octanol–water partition coefficient (Wildman–Crippen LogP) is 0.941. The van der Waals surface area contributed by atoms with Crippen LogP contribution in [-0.4, -0.2) is 18.1 Å². The van der Waals surface area contributed by atoms with Crippen molar-refractivity contribution in [2.45, 2.75) is 12.3 Å². The first-order valence-corrected chi connectivity index (χ1v) is 4.58. The Hall–Kier alpha value is -0.890. The summed E-state index contributed by atoms with van der Waals surface area (Å²) in [4.78, 5) is 4.16. The Morgan fingerprint density at radius 1 is 1.42 bits per heavy atom. The molecule has 1 N–H and O–H groups in total. The molecule has 1 aromatic rings. The smallest absolute Gasteiger partial charge is 0.0302 e. The van der Waals surface area contributed by atoms with Crippen LogP contribution in [0.25, 0.3) is 0 Å². The van der Waals surface area contributed by atoms with Crippen molar-refractivity contribution in [3.63, 3.8) is 0 Å². The van der Waals surface area contributed by atoms with E-state index in [1.165, 1.54) is 25.1 Å². The Morgan fingerprint density at radius 2 is 2.42 bits per heavy atom. The van der Waals surface area contributed by atoms with E-state index in [1.807, 2.05) is 12.4 Å². The van der Waals surface area contributed by atoms with E-state index in [0.29, 0.717) is 0 Å². The lowest BCUT2D eigenvalue weighted by atomic mass is 9.97. The zero-order valence-corrected chi connectivity index (χ0v) is 6.96. The van der Waals surface area contributed by atoms with Gasteiger partial charge in [0, 0.05) is 24.9 Å². The Kier molecular flexibility index (Phi) is 1.27. The fourth-order valence-corrected chi connectivity index (χ4v) is 2.56. The van der Waals surface area contributed by atoms with Crippen LogP contribution in [0, 0.1) is 5.92 Å². The van der Waals surface area contributed by atoms with Crippen molar-refractivity contribution in [2.24, 2.45) is 5.92 Å². The van der Waals surface area contributed by atoms with Gasteiger partial charge in [0.05, 0.1) is 0 Å². The molecule has 0 saturated carbocycles. The average molecular weight is 160 g/mol. The van der Waals surface area contributed by atoms with Crippen molar-refractivity contribution in [3.05, 3.63) is 29.6 Å². The molecule has 0 spiro atoms. The van der Waals surface area contributed by atoms with Crippen molar-refractivity contribution < 1.29 is 0 Å². The van der Waals surface area contributed by atoms with Crippen molar-refractivity contribution in [1.29, 1.82) is 0 Å². The highest BCUT2D eigenvalue weighted by atomic mass is 14.9. The van der Waals surface area contributed by atoms with Crippen LogP contribution < -0.4 is 5.32 Å². The van der Waals surface area contributed by atoms with Gasteiger partial charge in [0.1, 0.15) is 0 Å². The minimum Gasteiger partial charge on any atom is -0.316 e. The molecule has 3 rings (SSSR count). The molecule has 0 unspecified atom stereocenters. The van der Waals surface area contributed by atoms with Crippen LogP contribution in [0.4, 0.5) is 0 Å². The van der Waals surface area contributed by atoms with Gasteiger partial charge in [-0.05, 0) is 36.1 Å². The lowest BCUT2D eigenvalue weighted by molar-refractivity contribution is 0.564. The first-order chi connectivity index (χ1) is 5.95. The van der Waals surface area contributed by atoms with Gasteiger partial charge in [-0.2, -0.15) is 0 Å². The molecule has 0 aromatic carbocycles. The van der Waals surface area contributed by atoms with E-state index in [2.05, 4.69) is 16.4 Å². The van der Waals surface area contributed by atoms with Gasteiger partial charge in [-0.3, -0.25) is 4.98 Å². The van der Waals surface area contributed by atoms with E-state index in [0.717, 1.165) is 11.8 Å². The molecule has 2 heteroatoms. The van der Waals surface area contributed by atoms with Crippen molar-refractivity contribution in [1.82, 2.24) is 10.3 Å². The van der Waals surface area contributed by atoms with Crippen LogP contribution in [0.5, 0.6) is 0 Å². The molecule has 0 bridgehead atoms. The summed E-state index contributed by atoms with van der Waals surface area (Å²) in [5.41, 5.74) is 3.02. The molecule has 1 aliphatic heterocycles. The van der Waals surface area contributed by atoms with Gasteiger partial charge in [0.25, 0.3) is 0 Å². The standard InChI is InChI=1S/C10H12N2/c1-2-11-4-7-3-8-5-12-6-10(8)9(1)7/h1-2,4,8,10,12H,3,5-6H2/t8-,10-/m1/s1. The summed E-state index contributed by atoms with van der Waals surface area (Å²) in [6.07, 6.45) is 5.19. The SMILES string of the molecule is c1cc2c(cn1)C[C@@H]1CNC[C@@H]21.